The molecule has 0 spiro atoms. The summed E-state index contributed by atoms with van der Waals surface area (Å²) in [6.07, 6.45) is -2.19. The van der Waals surface area contributed by atoms with Gasteiger partial charge >= 0.3 is 6.18 Å². The molecule has 158 valence electrons. The molecule has 2 saturated heterocycles. The van der Waals surface area contributed by atoms with Crippen LogP contribution < -0.4 is 5.32 Å². The minimum Gasteiger partial charge on any atom is -0.381 e. The van der Waals surface area contributed by atoms with Crippen LogP contribution in [0.25, 0.3) is 0 Å². The average Bonchev–Trinajstić information content (AvgIpc) is 2.61. The summed E-state index contributed by atoms with van der Waals surface area (Å²) in [7, 11) is -1.72. The Morgan fingerprint density at radius 3 is 2.22 bits per heavy atom. The van der Waals surface area contributed by atoms with Crippen molar-refractivity contribution in [3.05, 3.63) is 0 Å². The smallest absolute Gasteiger partial charge is 0.381 e. The standard InChI is InChI=1S/C16H29F3N4O3S/c1-13(16(17,18)19)22-6-8-23(9-7-22)14(20-2)21-12-15(27(3,24)25)4-10-26-11-5-15/h13H,4-12H2,1-3H3,(H,20,21). The van der Waals surface area contributed by atoms with Crippen molar-refractivity contribution >= 4 is 15.8 Å². The fraction of sp³-hybridized carbons (Fsp3) is 0.938. The van der Waals surface area contributed by atoms with Crippen LogP contribution in [0.2, 0.25) is 0 Å². The fourth-order valence-corrected chi connectivity index (χ4v) is 4.77. The minimum atomic E-state index is -4.24. The second-order valence-corrected chi connectivity index (χ2v) is 9.62. The van der Waals surface area contributed by atoms with Gasteiger partial charge in [-0.1, -0.05) is 0 Å². The van der Waals surface area contributed by atoms with Gasteiger partial charge in [-0.25, -0.2) is 8.42 Å². The summed E-state index contributed by atoms with van der Waals surface area (Å²) in [6, 6.07) is -1.48. The SMILES string of the molecule is CN=C(NCC1(S(C)(=O)=O)CCOCC1)N1CCN(C(C)C(F)(F)F)CC1. The highest BCUT2D eigenvalue weighted by Gasteiger charge is 2.43. The van der Waals surface area contributed by atoms with E-state index in [1.54, 1.807) is 7.05 Å². The molecule has 0 bridgehead atoms. The average molecular weight is 414 g/mol. The molecule has 7 nitrogen and oxygen atoms in total. The van der Waals surface area contributed by atoms with Gasteiger partial charge in [0.2, 0.25) is 0 Å². The van der Waals surface area contributed by atoms with Crippen molar-refractivity contribution < 1.29 is 26.3 Å². The van der Waals surface area contributed by atoms with Gasteiger partial charge in [-0.15, -0.1) is 0 Å². The van der Waals surface area contributed by atoms with Crippen LogP contribution in [0, 0.1) is 0 Å². The van der Waals surface area contributed by atoms with E-state index in [0.717, 1.165) is 0 Å². The second kappa shape index (κ2) is 8.52. The zero-order chi connectivity index (χ0) is 20.3. The zero-order valence-electron chi connectivity index (χ0n) is 16.0. The molecule has 2 heterocycles. The number of hydrogen-bond donors (Lipinski definition) is 1. The van der Waals surface area contributed by atoms with E-state index in [-0.39, 0.29) is 19.6 Å². The molecule has 2 aliphatic rings. The Morgan fingerprint density at radius 1 is 1.22 bits per heavy atom. The van der Waals surface area contributed by atoms with Crippen molar-refractivity contribution in [2.75, 3.05) is 59.2 Å². The Morgan fingerprint density at radius 2 is 1.78 bits per heavy atom. The van der Waals surface area contributed by atoms with Crippen LogP contribution in [0.5, 0.6) is 0 Å². The maximum atomic E-state index is 12.9. The van der Waals surface area contributed by atoms with Crippen molar-refractivity contribution in [2.24, 2.45) is 4.99 Å². The minimum absolute atomic E-state index is 0.209. The third-order valence-corrected chi connectivity index (χ3v) is 7.73. The predicted octanol–water partition coefficient (Wildman–Crippen LogP) is 0.724. The highest BCUT2D eigenvalue weighted by Crippen LogP contribution is 2.29. The highest BCUT2D eigenvalue weighted by atomic mass is 32.2. The quantitative estimate of drug-likeness (QED) is 0.540. The van der Waals surface area contributed by atoms with Crippen LogP contribution in [-0.4, -0.2) is 100 Å². The third-order valence-electron chi connectivity index (χ3n) is 5.61. The number of guanidine groups is 1. The van der Waals surface area contributed by atoms with Gasteiger partial charge < -0.3 is 15.0 Å². The van der Waals surface area contributed by atoms with E-state index < -0.39 is 26.8 Å². The Balaban J connectivity index is 1.96. The first-order chi connectivity index (χ1) is 12.5. The van der Waals surface area contributed by atoms with Crippen molar-refractivity contribution in [1.29, 1.82) is 0 Å². The molecule has 0 saturated carbocycles. The van der Waals surface area contributed by atoms with Crippen LogP contribution >= 0.6 is 0 Å². The van der Waals surface area contributed by atoms with Gasteiger partial charge in [-0.3, -0.25) is 9.89 Å². The van der Waals surface area contributed by atoms with Gasteiger partial charge in [0.05, 0.1) is 4.75 Å². The van der Waals surface area contributed by atoms with Crippen LogP contribution in [0.3, 0.4) is 0 Å². The molecule has 0 amide bonds. The number of nitrogens with zero attached hydrogens (tertiary/aromatic N) is 3. The first kappa shape index (κ1) is 22.2. The number of sulfone groups is 1. The number of piperazine rings is 1. The topological polar surface area (TPSA) is 74.2 Å². The number of nitrogens with one attached hydrogen (secondary N) is 1. The summed E-state index contributed by atoms with van der Waals surface area (Å²) in [5.74, 6) is 0.517. The molecule has 1 unspecified atom stereocenters. The number of rotatable bonds is 4. The van der Waals surface area contributed by atoms with E-state index in [2.05, 4.69) is 10.3 Å². The molecule has 2 rings (SSSR count). The molecule has 27 heavy (non-hydrogen) atoms. The number of ether oxygens (including phenoxy) is 1. The molecule has 1 N–H and O–H groups in total. The molecule has 0 aliphatic carbocycles. The van der Waals surface area contributed by atoms with Crippen molar-refractivity contribution in [3.8, 4) is 0 Å². The van der Waals surface area contributed by atoms with E-state index >= 15 is 0 Å². The molecule has 0 aromatic rings. The van der Waals surface area contributed by atoms with E-state index in [4.69, 9.17) is 4.74 Å². The summed E-state index contributed by atoms with van der Waals surface area (Å²) in [6.45, 7) is 3.50. The Labute approximate surface area is 158 Å². The van der Waals surface area contributed by atoms with E-state index in [1.807, 2.05) is 4.90 Å². The van der Waals surface area contributed by atoms with Crippen molar-refractivity contribution in [1.82, 2.24) is 15.1 Å². The molecule has 0 aromatic carbocycles. The molecule has 2 aliphatic heterocycles. The fourth-order valence-electron chi connectivity index (χ4n) is 3.52. The Kier molecular flexibility index (Phi) is 7.01. The van der Waals surface area contributed by atoms with Gasteiger partial charge in [0.25, 0.3) is 0 Å². The van der Waals surface area contributed by atoms with Crippen LogP contribution in [0.15, 0.2) is 4.99 Å². The van der Waals surface area contributed by atoms with E-state index in [0.29, 0.717) is 45.1 Å². The lowest BCUT2D eigenvalue weighted by Crippen LogP contribution is -2.59. The van der Waals surface area contributed by atoms with Gasteiger partial charge in [0, 0.05) is 59.2 Å². The van der Waals surface area contributed by atoms with Crippen molar-refractivity contribution in [2.45, 2.75) is 36.7 Å². The number of aliphatic imine (C=N–C) groups is 1. The van der Waals surface area contributed by atoms with Crippen molar-refractivity contribution in [3.63, 3.8) is 0 Å². The zero-order valence-corrected chi connectivity index (χ0v) is 16.9. The Bertz CT molecular complexity index is 625. The molecular formula is C16H29F3N4O3S. The molecule has 11 heteroatoms. The number of alkyl halides is 3. The third kappa shape index (κ3) is 5.26. The molecule has 2 fully saturated rings. The lowest BCUT2D eigenvalue weighted by Gasteiger charge is -2.41. The van der Waals surface area contributed by atoms with Crippen LogP contribution in [-0.2, 0) is 14.6 Å². The lowest BCUT2D eigenvalue weighted by atomic mass is 9.99. The predicted molar refractivity (Wildman–Crippen MR) is 97.7 cm³/mol. The number of hydrogen-bond acceptors (Lipinski definition) is 5. The van der Waals surface area contributed by atoms with Crippen LogP contribution in [0.1, 0.15) is 19.8 Å². The van der Waals surface area contributed by atoms with Gasteiger partial charge in [0.1, 0.15) is 6.04 Å². The molecule has 1 atom stereocenters. The van der Waals surface area contributed by atoms with Gasteiger partial charge in [-0.05, 0) is 19.8 Å². The monoisotopic (exact) mass is 414 g/mol. The largest absolute Gasteiger partial charge is 0.403 e. The van der Waals surface area contributed by atoms with E-state index in [9.17, 15) is 21.6 Å². The summed E-state index contributed by atoms with van der Waals surface area (Å²) in [5.41, 5.74) is 0. The summed E-state index contributed by atoms with van der Waals surface area (Å²) in [4.78, 5) is 7.47. The summed E-state index contributed by atoms with van der Waals surface area (Å²) in [5, 5.41) is 3.13. The summed E-state index contributed by atoms with van der Waals surface area (Å²) >= 11 is 0. The normalized spacial score (nSPS) is 23.9. The maximum Gasteiger partial charge on any atom is 0.403 e. The summed E-state index contributed by atoms with van der Waals surface area (Å²) < 4.78 is 67.7. The van der Waals surface area contributed by atoms with Gasteiger partial charge in [0.15, 0.2) is 15.8 Å². The number of halogens is 3. The first-order valence-corrected chi connectivity index (χ1v) is 10.9. The van der Waals surface area contributed by atoms with E-state index in [1.165, 1.54) is 18.1 Å². The first-order valence-electron chi connectivity index (χ1n) is 9.04. The molecule has 0 radical (unpaired) electrons. The molecular weight excluding hydrogens is 385 g/mol. The lowest BCUT2D eigenvalue weighted by molar-refractivity contribution is -0.181. The maximum absolute atomic E-state index is 12.9. The van der Waals surface area contributed by atoms with Gasteiger partial charge in [-0.2, -0.15) is 13.2 Å². The highest BCUT2D eigenvalue weighted by molar-refractivity contribution is 7.92. The second-order valence-electron chi connectivity index (χ2n) is 7.21. The van der Waals surface area contributed by atoms with Crippen LogP contribution in [0.4, 0.5) is 13.2 Å². The molecule has 0 aromatic heterocycles. The Hall–Kier alpha value is -1.07.